The van der Waals surface area contributed by atoms with Crippen LogP contribution in [0.2, 0.25) is 0 Å². The smallest absolute Gasteiger partial charge is 0.261 e. The molecule has 0 heterocycles. The lowest BCUT2D eigenvalue weighted by molar-refractivity contribution is -0.143. The molecular weight excluding hydrogens is 376 g/mol. The Morgan fingerprint density at radius 2 is 1.77 bits per heavy atom. The summed E-state index contributed by atoms with van der Waals surface area (Å²) in [6.45, 7) is 12.0. The summed E-state index contributed by atoms with van der Waals surface area (Å²) in [5, 5.41) is 2.94. The van der Waals surface area contributed by atoms with E-state index in [1.807, 2.05) is 84.0 Å². The quantitative estimate of drug-likeness (QED) is 0.670. The Kier molecular flexibility index (Phi) is 8.46. The van der Waals surface area contributed by atoms with Crippen LogP contribution in [0.25, 0.3) is 0 Å². The van der Waals surface area contributed by atoms with Crippen molar-refractivity contribution in [1.29, 1.82) is 0 Å². The second kappa shape index (κ2) is 10.8. The highest BCUT2D eigenvalue weighted by molar-refractivity contribution is 5.88. The molecule has 0 bridgehead atoms. The van der Waals surface area contributed by atoms with Crippen LogP contribution >= 0.6 is 0 Å². The van der Waals surface area contributed by atoms with Crippen LogP contribution < -0.4 is 10.1 Å². The van der Waals surface area contributed by atoms with Gasteiger partial charge < -0.3 is 15.0 Å². The summed E-state index contributed by atoms with van der Waals surface area (Å²) in [6.07, 6.45) is 0.527. The first-order valence-electron chi connectivity index (χ1n) is 10.6. The van der Waals surface area contributed by atoms with E-state index in [0.717, 1.165) is 22.3 Å². The van der Waals surface area contributed by atoms with Crippen molar-refractivity contribution in [2.75, 3.05) is 6.61 Å². The van der Waals surface area contributed by atoms with Gasteiger partial charge in [0.15, 0.2) is 6.61 Å². The molecule has 0 fully saturated rings. The topological polar surface area (TPSA) is 58.6 Å². The molecule has 2 aromatic rings. The minimum atomic E-state index is -0.553. The molecule has 5 heteroatoms. The van der Waals surface area contributed by atoms with Crippen LogP contribution in [0.3, 0.4) is 0 Å². The number of carbonyl (C=O) groups excluding carboxylic acids is 2. The minimum absolute atomic E-state index is 0.00802. The Morgan fingerprint density at radius 3 is 2.40 bits per heavy atom. The summed E-state index contributed by atoms with van der Waals surface area (Å²) < 4.78 is 5.85. The Morgan fingerprint density at radius 1 is 1.07 bits per heavy atom. The van der Waals surface area contributed by atoms with E-state index >= 15 is 0 Å². The van der Waals surface area contributed by atoms with Crippen molar-refractivity contribution in [2.45, 2.75) is 66.6 Å². The first-order valence-corrected chi connectivity index (χ1v) is 10.6. The average molecular weight is 411 g/mol. The molecule has 0 aromatic heterocycles. The van der Waals surface area contributed by atoms with E-state index in [0.29, 0.717) is 18.7 Å². The number of ether oxygens (including phenoxy) is 1. The lowest BCUT2D eigenvalue weighted by Gasteiger charge is -2.31. The Balaban J connectivity index is 2.25. The van der Waals surface area contributed by atoms with E-state index in [4.69, 9.17) is 4.74 Å². The summed E-state index contributed by atoms with van der Waals surface area (Å²) in [7, 11) is 0. The highest BCUT2D eigenvalue weighted by atomic mass is 16.5. The Hall–Kier alpha value is -2.82. The van der Waals surface area contributed by atoms with Crippen molar-refractivity contribution >= 4 is 11.8 Å². The molecule has 2 aromatic carbocycles. The molecule has 0 radical (unpaired) electrons. The normalized spacial score (nSPS) is 11.8. The molecule has 5 nitrogen and oxygen atoms in total. The third-order valence-corrected chi connectivity index (χ3v) is 5.16. The molecule has 1 atom stereocenters. The van der Waals surface area contributed by atoms with Crippen LogP contribution in [0.4, 0.5) is 0 Å². The first kappa shape index (κ1) is 23.5. The molecule has 0 spiro atoms. The largest absolute Gasteiger partial charge is 0.483 e. The van der Waals surface area contributed by atoms with Crippen LogP contribution in [0.15, 0.2) is 42.5 Å². The van der Waals surface area contributed by atoms with Gasteiger partial charge in [0.2, 0.25) is 5.91 Å². The van der Waals surface area contributed by atoms with Crippen molar-refractivity contribution in [3.05, 3.63) is 64.7 Å². The number of nitrogens with zero attached hydrogens (tertiary/aromatic N) is 1. The number of hydrogen-bond donors (Lipinski definition) is 1. The molecular formula is C25H34N2O3. The lowest BCUT2D eigenvalue weighted by Crippen LogP contribution is -2.51. The van der Waals surface area contributed by atoms with Crippen LogP contribution in [-0.4, -0.2) is 35.4 Å². The Labute approximate surface area is 180 Å². The molecule has 0 aliphatic rings. The third-order valence-electron chi connectivity index (χ3n) is 5.16. The van der Waals surface area contributed by atoms with Crippen molar-refractivity contribution in [3.8, 4) is 5.75 Å². The second-order valence-electron chi connectivity index (χ2n) is 8.08. The number of rotatable bonds is 9. The van der Waals surface area contributed by atoms with Gasteiger partial charge in [-0.1, -0.05) is 48.9 Å². The number of amides is 2. The zero-order valence-electron chi connectivity index (χ0n) is 19.0. The molecule has 1 unspecified atom stereocenters. The van der Waals surface area contributed by atoms with Gasteiger partial charge in [0, 0.05) is 12.6 Å². The lowest BCUT2D eigenvalue weighted by atomic mass is 10.1. The van der Waals surface area contributed by atoms with Crippen LogP contribution in [0.5, 0.6) is 5.75 Å². The van der Waals surface area contributed by atoms with Gasteiger partial charge in [0.25, 0.3) is 5.91 Å². The van der Waals surface area contributed by atoms with E-state index in [1.165, 1.54) is 0 Å². The number of nitrogens with one attached hydrogen (secondary N) is 1. The number of carbonyl (C=O) groups is 2. The average Bonchev–Trinajstić information content (AvgIpc) is 2.68. The zero-order chi connectivity index (χ0) is 22.3. The fourth-order valence-corrected chi connectivity index (χ4v) is 3.41. The predicted octanol–water partition coefficient (Wildman–Crippen LogP) is 4.32. The van der Waals surface area contributed by atoms with Gasteiger partial charge in [-0.05, 0) is 63.8 Å². The van der Waals surface area contributed by atoms with E-state index in [1.54, 1.807) is 4.90 Å². The van der Waals surface area contributed by atoms with E-state index < -0.39 is 6.04 Å². The van der Waals surface area contributed by atoms with Gasteiger partial charge in [-0.25, -0.2) is 0 Å². The summed E-state index contributed by atoms with van der Waals surface area (Å²) in [4.78, 5) is 27.7. The van der Waals surface area contributed by atoms with Crippen LogP contribution in [-0.2, 0) is 16.1 Å². The SMILES string of the molecule is CCC(C(=O)NC(C)C)N(Cc1cccc(C)c1)C(=O)COc1cccc(C)c1C. The maximum Gasteiger partial charge on any atom is 0.261 e. The van der Waals surface area contributed by atoms with Gasteiger partial charge in [0.05, 0.1) is 0 Å². The van der Waals surface area contributed by atoms with Crippen LogP contribution in [0.1, 0.15) is 49.4 Å². The van der Waals surface area contributed by atoms with Crippen LogP contribution in [0, 0.1) is 20.8 Å². The molecule has 2 amide bonds. The van der Waals surface area contributed by atoms with Gasteiger partial charge >= 0.3 is 0 Å². The summed E-state index contributed by atoms with van der Waals surface area (Å²) in [6, 6.07) is 13.2. The van der Waals surface area contributed by atoms with Gasteiger partial charge in [-0.2, -0.15) is 0 Å². The number of benzene rings is 2. The molecule has 1 N–H and O–H groups in total. The van der Waals surface area contributed by atoms with Crippen molar-refractivity contribution in [3.63, 3.8) is 0 Å². The standard InChI is InChI=1S/C25H34N2O3/c1-7-22(25(29)26-17(2)3)27(15-21-12-8-10-18(4)14-21)24(28)16-30-23-13-9-11-19(5)20(23)6/h8-14,17,22H,7,15-16H2,1-6H3,(H,26,29). The van der Waals surface area contributed by atoms with Gasteiger partial charge in [-0.15, -0.1) is 0 Å². The first-order chi connectivity index (χ1) is 14.2. The molecule has 2 rings (SSSR count). The highest BCUT2D eigenvalue weighted by Crippen LogP contribution is 2.21. The molecule has 0 saturated carbocycles. The maximum absolute atomic E-state index is 13.2. The van der Waals surface area contributed by atoms with Crippen molar-refractivity contribution < 1.29 is 14.3 Å². The van der Waals surface area contributed by atoms with E-state index in [9.17, 15) is 9.59 Å². The van der Waals surface area contributed by atoms with E-state index in [2.05, 4.69) is 5.32 Å². The molecule has 30 heavy (non-hydrogen) atoms. The van der Waals surface area contributed by atoms with Gasteiger partial charge in [-0.3, -0.25) is 9.59 Å². The van der Waals surface area contributed by atoms with Crippen molar-refractivity contribution in [1.82, 2.24) is 10.2 Å². The summed E-state index contributed by atoms with van der Waals surface area (Å²) >= 11 is 0. The molecule has 0 aliphatic carbocycles. The van der Waals surface area contributed by atoms with Crippen molar-refractivity contribution in [2.24, 2.45) is 0 Å². The summed E-state index contributed by atoms with van der Waals surface area (Å²) in [5.74, 6) is 0.349. The van der Waals surface area contributed by atoms with E-state index in [-0.39, 0.29) is 24.5 Å². The zero-order valence-corrected chi connectivity index (χ0v) is 19.0. The predicted molar refractivity (Wildman–Crippen MR) is 120 cm³/mol. The fraction of sp³-hybridized carbons (Fsp3) is 0.440. The fourth-order valence-electron chi connectivity index (χ4n) is 3.41. The highest BCUT2D eigenvalue weighted by Gasteiger charge is 2.29. The monoisotopic (exact) mass is 410 g/mol. The second-order valence-corrected chi connectivity index (χ2v) is 8.08. The number of aryl methyl sites for hydroxylation is 2. The summed E-state index contributed by atoms with van der Waals surface area (Å²) in [5.41, 5.74) is 4.23. The molecule has 0 saturated heterocycles. The Bertz CT molecular complexity index is 876. The molecule has 162 valence electrons. The maximum atomic E-state index is 13.2. The number of hydrogen-bond acceptors (Lipinski definition) is 3. The third kappa shape index (κ3) is 6.34. The minimum Gasteiger partial charge on any atom is -0.483 e. The van der Waals surface area contributed by atoms with Gasteiger partial charge in [0.1, 0.15) is 11.8 Å². The molecule has 0 aliphatic heterocycles.